The van der Waals surface area contributed by atoms with Gasteiger partial charge in [0.05, 0.1) is 17.8 Å². The average Bonchev–Trinajstić information content (AvgIpc) is 3.47. The molecule has 5 aliphatic rings. The second-order valence-corrected chi connectivity index (χ2v) is 12.2. The molecular weight excluding hydrogens is 544 g/mol. The number of aromatic hydroxyl groups is 1. The number of nitrogens with zero attached hydrogens (tertiary/aromatic N) is 6. The van der Waals surface area contributed by atoms with Crippen LogP contribution in [0, 0.1) is 6.92 Å². The van der Waals surface area contributed by atoms with Crippen LogP contribution in [-0.4, -0.2) is 92.9 Å². The number of anilines is 1. The first-order valence-electron chi connectivity index (χ1n) is 14.3. The minimum absolute atomic E-state index is 0.142. The van der Waals surface area contributed by atoms with E-state index < -0.39 is 0 Å². The summed E-state index contributed by atoms with van der Waals surface area (Å²) in [7, 11) is 2.11. The Morgan fingerprint density at radius 1 is 1.22 bits per heavy atom. The highest BCUT2D eigenvalue weighted by Gasteiger charge is 2.43. The molecule has 10 nitrogen and oxygen atoms in total. The summed E-state index contributed by atoms with van der Waals surface area (Å²) in [5.41, 5.74) is 3.54. The van der Waals surface area contributed by atoms with E-state index in [1.807, 2.05) is 6.92 Å². The number of likely N-dealkylation sites (N-methyl/N-ethyl adjacent to an activating group) is 1. The maximum Gasteiger partial charge on any atom is 0.318 e. The van der Waals surface area contributed by atoms with Gasteiger partial charge in [0.15, 0.2) is 0 Å². The number of hydrogen-bond acceptors (Lipinski definition) is 9. The minimum Gasteiger partial charge on any atom is -0.508 e. The first kappa shape index (κ1) is 27.9. The van der Waals surface area contributed by atoms with Crippen LogP contribution in [0.3, 0.4) is 0 Å². The van der Waals surface area contributed by atoms with Gasteiger partial charge in [0.25, 0.3) is 0 Å². The lowest BCUT2D eigenvalue weighted by Gasteiger charge is -2.44. The number of carbonyl (C=O) groups is 2. The number of amides is 1. The van der Waals surface area contributed by atoms with Gasteiger partial charge in [-0.1, -0.05) is 18.2 Å². The van der Waals surface area contributed by atoms with Gasteiger partial charge in [0.2, 0.25) is 5.91 Å². The molecular formula is C30H37ClN6O4. The summed E-state index contributed by atoms with van der Waals surface area (Å²) in [6.45, 7) is 9.80. The van der Waals surface area contributed by atoms with Gasteiger partial charge < -0.3 is 24.5 Å². The fourth-order valence-electron chi connectivity index (χ4n) is 6.74. The minimum atomic E-state index is -0.236. The standard InChI is InChI=1S/C30H37ClN6O4/c1-4-28(40)36-12-21-11-22(38)10-20(36)13-37(21)29-24-15-35(14-23-18(2)27(39)8-7-25(23)31)16-26(24)32-30(33-29)41-17-19-6-5-9-34(19)3/h4,7-8,19-21,39H,1,5-6,9-17H2,2-3H3/t19-,20?,21?/m0/s1. The summed E-state index contributed by atoms with van der Waals surface area (Å²) in [5.74, 6) is 1.01. The number of piperazine rings is 1. The summed E-state index contributed by atoms with van der Waals surface area (Å²) in [4.78, 5) is 43.8. The van der Waals surface area contributed by atoms with Crippen molar-refractivity contribution >= 4 is 29.1 Å². The molecule has 218 valence electrons. The molecule has 0 saturated carbocycles. The SMILES string of the molecule is C=CC(=O)N1CC2CC(=O)CC1CN2c1nc(OC[C@@H]2CCCN2C)nc2c1CN(Cc1c(Cl)ccc(O)c1C)C2. The van der Waals surface area contributed by atoms with Crippen molar-refractivity contribution in [2.24, 2.45) is 0 Å². The fourth-order valence-corrected chi connectivity index (χ4v) is 7.00. The molecule has 5 aliphatic heterocycles. The molecule has 6 heterocycles. The number of ketones is 1. The van der Waals surface area contributed by atoms with Crippen LogP contribution in [0.2, 0.25) is 5.02 Å². The maximum absolute atomic E-state index is 12.8. The molecule has 41 heavy (non-hydrogen) atoms. The Kier molecular flexibility index (Phi) is 7.65. The van der Waals surface area contributed by atoms with Crippen LogP contribution >= 0.6 is 11.6 Å². The van der Waals surface area contributed by atoms with E-state index in [9.17, 15) is 14.7 Å². The number of benzene rings is 1. The van der Waals surface area contributed by atoms with Crippen molar-refractivity contribution < 1.29 is 19.4 Å². The van der Waals surface area contributed by atoms with Crippen LogP contribution in [0.15, 0.2) is 24.8 Å². The van der Waals surface area contributed by atoms with Gasteiger partial charge in [-0.15, -0.1) is 0 Å². The number of likely N-dealkylation sites (tertiary alicyclic amines) is 1. The Balaban J connectivity index is 1.32. The fraction of sp³-hybridized carbons (Fsp3) is 0.533. The lowest BCUT2D eigenvalue weighted by atomic mass is 10.1. The molecule has 2 unspecified atom stereocenters. The van der Waals surface area contributed by atoms with Crippen LogP contribution in [0.25, 0.3) is 0 Å². The number of phenolic OH excluding ortho intramolecular Hbond substituents is 1. The van der Waals surface area contributed by atoms with Gasteiger partial charge in [-0.25, -0.2) is 0 Å². The van der Waals surface area contributed by atoms with Crippen molar-refractivity contribution in [3.8, 4) is 11.8 Å². The second-order valence-electron chi connectivity index (χ2n) is 11.8. The van der Waals surface area contributed by atoms with Crippen molar-refractivity contribution in [1.29, 1.82) is 0 Å². The average molecular weight is 581 g/mol. The molecule has 0 spiro atoms. The Morgan fingerprint density at radius 3 is 2.78 bits per heavy atom. The van der Waals surface area contributed by atoms with Gasteiger partial charge in [0, 0.05) is 62.2 Å². The van der Waals surface area contributed by atoms with Gasteiger partial charge in [-0.05, 0) is 62.7 Å². The first-order chi connectivity index (χ1) is 19.7. The molecule has 2 bridgehead atoms. The van der Waals surface area contributed by atoms with Gasteiger partial charge in [-0.3, -0.25) is 14.5 Å². The second kappa shape index (κ2) is 11.2. The highest BCUT2D eigenvalue weighted by molar-refractivity contribution is 6.31. The summed E-state index contributed by atoms with van der Waals surface area (Å²) in [6, 6.07) is 3.59. The Labute approximate surface area is 245 Å². The lowest BCUT2D eigenvalue weighted by molar-refractivity contribution is -0.129. The number of halogens is 1. The molecule has 11 heteroatoms. The number of phenols is 1. The topological polar surface area (TPSA) is 102 Å². The van der Waals surface area contributed by atoms with Gasteiger partial charge in [0.1, 0.15) is 24.0 Å². The Hall–Kier alpha value is -3.21. The predicted octanol–water partition coefficient (Wildman–Crippen LogP) is 3.07. The van der Waals surface area contributed by atoms with Crippen LogP contribution < -0.4 is 9.64 Å². The third kappa shape index (κ3) is 5.40. The quantitative estimate of drug-likeness (QED) is 0.495. The number of rotatable bonds is 7. The van der Waals surface area contributed by atoms with E-state index in [-0.39, 0.29) is 29.5 Å². The van der Waals surface area contributed by atoms with E-state index in [1.165, 1.54) is 6.08 Å². The van der Waals surface area contributed by atoms with Gasteiger partial charge >= 0.3 is 6.01 Å². The summed E-state index contributed by atoms with van der Waals surface area (Å²) >= 11 is 6.54. The molecule has 0 aliphatic carbocycles. The molecule has 2 aromatic rings. The number of carbonyl (C=O) groups excluding carboxylic acids is 2. The zero-order valence-corrected chi connectivity index (χ0v) is 24.4. The predicted molar refractivity (Wildman–Crippen MR) is 155 cm³/mol. The van der Waals surface area contributed by atoms with Crippen molar-refractivity contribution in [3.63, 3.8) is 0 Å². The number of Topliss-reactive ketones (excluding diaryl/α,β-unsaturated/α-hetero) is 1. The molecule has 1 aromatic heterocycles. The monoisotopic (exact) mass is 580 g/mol. The van der Waals surface area contributed by atoms with Crippen LogP contribution in [0.5, 0.6) is 11.8 Å². The maximum atomic E-state index is 12.8. The summed E-state index contributed by atoms with van der Waals surface area (Å²) < 4.78 is 6.23. The van der Waals surface area contributed by atoms with Crippen LogP contribution in [0.4, 0.5) is 5.82 Å². The highest BCUT2D eigenvalue weighted by Crippen LogP contribution is 2.38. The largest absolute Gasteiger partial charge is 0.508 e. The zero-order valence-electron chi connectivity index (χ0n) is 23.7. The molecule has 4 fully saturated rings. The molecule has 1 aromatic carbocycles. The molecule has 1 N–H and O–H groups in total. The smallest absolute Gasteiger partial charge is 0.318 e. The van der Waals surface area contributed by atoms with E-state index in [1.54, 1.807) is 17.0 Å². The normalized spacial score (nSPS) is 24.6. The van der Waals surface area contributed by atoms with E-state index >= 15 is 0 Å². The van der Waals surface area contributed by atoms with Crippen molar-refractivity contribution in [1.82, 2.24) is 24.7 Å². The molecule has 0 radical (unpaired) electrons. The van der Waals surface area contributed by atoms with Crippen molar-refractivity contribution in [3.05, 3.63) is 52.2 Å². The molecule has 7 rings (SSSR count). The third-order valence-corrected chi connectivity index (χ3v) is 9.48. The van der Waals surface area contributed by atoms with Gasteiger partial charge in [-0.2, -0.15) is 9.97 Å². The number of ether oxygens (including phenoxy) is 1. The van der Waals surface area contributed by atoms with E-state index in [0.717, 1.165) is 47.6 Å². The van der Waals surface area contributed by atoms with Crippen molar-refractivity contribution in [2.75, 3.05) is 38.2 Å². The molecule has 4 saturated heterocycles. The zero-order chi connectivity index (χ0) is 28.8. The Bertz CT molecular complexity index is 1390. The number of fused-ring (bicyclic) bond motifs is 5. The Morgan fingerprint density at radius 2 is 2.02 bits per heavy atom. The van der Waals surface area contributed by atoms with Crippen molar-refractivity contribution in [2.45, 2.75) is 70.4 Å². The third-order valence-electron chi connectivity index (χ3n) is 9.13. The first-order valence-corrected chi connectivity index (χ1v) is 14.7. The highest BCUT2D eigenvalue weighted by atomic mass is 35.5. The summed E-state index contributed by atoms with van der Waals surface area (Å²) in [5, 5.41) is 10.9. The molecule has 3 atom stereocenters. The lowest BCUT2D eigenvalue weighted by Crippen LogP contribution is -2.58. The summed E-state index contributed by atoms with van der Waals surface area (Å²) in [6.07, 6.45) is 4.25. The van der Waals surface area contributed by atoms with Crippen LogP contribution in [-0.2, 0) is 29.2 Å². The van der Waals surface area contributed by atoms with Crippen LogP contribution in [0.1, 0.15) is 48.1 Å². The number of hydrogen-bond donors (Lipinski definition) is 1. The van der Waals surface area contributed by atoms with E-state index in [0.29, 0.717) is 69.2 Å². The number of aromatic nitrogens is 2. The molecule has 1 amide bonds. The van der Waals surface area contributed by atoms with E-state index in [2.05, 4.69) is 28.3 Å². The van der Waals surface area contributed by atoms with E-state index in [4.69, 9.17) is 26.3 Å².